The normalized spacial score (nSPS) is 34.2. The summed E-state index contributed by atoms with van der Waals surface area (Å²) in [6.45, 7) is 2.20. The molecule has 2 saturated heterocycles. The van der Waals surface area contributed by atoms with Gasteiger partial charge in [0.2, 0.25) is 5.91 Å². The lowest BCUT2D eigenvalue weighted by Crippen LogP contribution is -2.68. The Labute approximate surface area is 124 Å². The Morgan fingerprint density at radius 1 is 1.68 bits per heavy atom. The quantitative estimate of drug-likeness (QED) is 0.788. The van der Waals surface area contributed by atoms with E-state index in [-0.39, 0.29) is 22.2 Å². The number of thioether (sulfide) groups is 2. The van der Waals surface area contributed by atoms with Gasteiger partial charge in [0.05, 0.1) is 5.75 Å². The van der Waals surface area contributed by atoms with Crippen LogP contribution >= 0.6 is 23.5 Å². The highest BCUT2D eigenvalue weighted by Crippen LogP contribution is 2.44. The fourth-order valence-electron chi connectivity index (χ4n) is 2.85. The first-order valence-electron chi connectivity index (χ1n) is 6.85. The molecular weight excluding hydrogens is 276 g/mol. The average molecular weight is 298 g/mol. The molecule has 0 spiro atoms. The van der Waals surface area contributed by atoms with E-state index in [0.29, 0.717) is 5.75 Å². The summed E-state index contributed by atoms with van der Waals surface area (Å²) in [7, 11) is 1.88. The largest absolute Gasteiger partial charge is 0.320 e. The molecule has 2 fully saturated rings. The van der Waals surface area contributed by atoms with E-state index in [0.717, 1.165) is 18.6 Å². The van der Waals surface area contributed by atoms with Crippen molar-refractivity contribution >= 4 is 29.4 Å². The standard InChI is InChI=1S/C14H22N2OS2/c1-4-6-7-14-8-10-18-11(14)12(17)16(3)13(15-14)19-9-5-2/h2,11,13,15H,4,6-10H2,1,3H3. The lowest BCUT2D eigenvalue weighted by atomic mass is 9.84. The second-order valence-corrected chi connectivity index (χ2v) is 7.50. The van der Waals surface area contributed by atoms with Gasteiger partial charge in [0.25, 0.3) is 0 Å². The highest BCUT2D eigenvalue weighted by Gasteiger charge is 2.53. The molecule has 3 nitrogen and oxygen atoms in total. The molecule has 1 N–H and O–H groups in total. The first-order valence-corrected chi connectivity index (χ1v) is 8.95. The molecule has 3 atom stereocenters. The molecule has 2 heterocycles. The third-order valence-corrected chi connectivity index (χ3v) is 6.48. The van der Waals surface area contributed by atoms with Gasteiger partial charge in [-0.15, -0.1) is 29.9 Å². The Hall–Kier alpha value is -0.310. The van der Waals surface area contributed by atoms with Crippen molar-refractivity contribution in [2.45, 2.75) is 48.9 Å². The number of nitrogens with zero attached hydrogens (tertiary/aromatic N) is 1. The van der Waals surface area contributed by atoms with Crippen molar-refractivity contribution in [3.63, 3.8) is 0 Å². The van der Waals surface area contributed by atoms with Crippen LogP contribution in [0.15, 0.2) is 0 Å². The molecule has 0 aromatic heterocycles. The fraction of sp³-hybridized carbons (Fsp3) is 0.786. The zero-order valence-corrected chi connectivity index (χ0v) is 13.3. The van der Waals surface area contributed by atoms with E-state index in [4.69, 9.17) is 6.42 Å². The molecule has 2 rings (SSSR count). The maximum absolute atomic E-state index is 12.5. The summed E-state index contributed by atoms with van der Waals surface area (Å²) in [6, 6.07) is 0. The molecule has 0 aromatic carbocycles. The van der Waals surface area contributed by atoms with Gasteiger partial charge in [0.1, 0.15) is 10.7 Å². The lowest BCUT2D eigenvalue weighted by molar-refractivity contribution is -0.135. The van der Waals surface area contributed by atoms with E-state index < -0.39 is 0 Å². The van der Waals surface area contributed by atoms with Gasteiger partial charge in [-0.3, -0.25) is 10.1 Å². The van der Waals surface area contributed by atoms with Crippen LogP contribution in [0.3, 0.4) is 0 Å². The average Bonchev–Trinajstić information content (AvgIpc) is 2.83. The molecular formula is C14H22N2OS2. The number of rotatable bonds is 5. The first kappa shape index (κ1) is 15.1. The minimum absolute atomic E-state index is 0.00344. The molecule has 1 amide bonds. The second kappa shape index (κ2) is 6.43. The Morgan fingerprint density at radius 3 is 3.16 bits per heavy atom. The Bertz CT molecular complexity index is 382. The zero-order valence-electron chi connectivity index (χ0n) is 11.6. The molecule has 0 saturated carbocycles. The minimum Gasteiger partial charge on any atom is -0.320 e. The van der Waals surface area contributed by atoms with Gasteiger partial charge in [-0.25, -0.2) is 0 Å². The summed E-state index contributed by atoms with van der Waals surface area (Å²) in [6.07, 6.45) is 9.87. The van der Waals surface area contributed by atoms with E-state index in [1.54, 1.807) is 11.8 Å². The molecule has 2 aliphatic heterocycles. The van der Waals surface area contributed by atoms with Crippen LogP contribution < -0.4 is 5.32 Å². The SMILES string of the molecule is C#CCSC1NC2(CCCC)CCSC2C(=O)N1C. The van der Waals surface area contributed by atoms with Crippen molar-refractivity contribution in [3.8, 4) is 12.3 Å². The zero-order chi connectivity index (χ0) is 13.9. The molecule has 0 aliphatic carbocycles. The van der Waals surface area contributed by atoms with Crippen molar-refractivity contribution < 1.29 is 4.79 Å². The molecule has 0 aromatic rings. The number of amides is 1. The van der Waals surface area contributed by atoms with E-state index in [1.807, 2.05) is 23.7 Å². The number of carbonyl (C=O) groups excluding carboxylic acids is 1. The van der Waals surface area contributed by atoms with Gasteiger partial charge < -0.3 is 4.90 Å². The predicted octanol–water partition coefficient (Wildman–Crippen LogP) is 2.13. The van der Waals surface area contributed by atoms with Gasteiger partial charge in [-0.05, 0) is 18.6 Å². The molecule has 5 heteroatoms. The molecule has 106 valence electrons. The summed E-state index contributed by atoms with van der Waals surface area (Å²) < 4.78 is 0. The third-order valence-electron chi connectivity index (χ3n) is 3.97. The van der Waals surface area contributed by atoms with E-state index >= 15 is 0 Å². The summed E-state index contributed by atoms with van der Waals surface area (Å²) in [5.74, 6) is 4.63. The number of hydrogen-bond donors (Lipinski definition) is 1. The molecule has 2 aliphatic rings. The third kappa shape index (κ3) is 2.91. The highest BCUT2D eigenvalue weighted by molar-refractivity contribution is 8.01. The smallest absolute Gasteiger partial charge is 0.239 e. The van der Waals surface area contributed by atoms with Crippen molar-refractivity contribution in [1.82, 2.24) is 10.2 Å². The van der Waals surface area contributed by atoms with Crippen LogP contribution in [0.4, 0.5) is 0 Å². The maximum atomic E-state index is 12.5. The fourth-order valence-corrected chi connectivity index (χ4v) is 5.40. The predicted molar refractivity (Wildman–Crippen MR) is 84.1 cm³/mol. The van der Waals surface area contributed by atoms with Gasteiger partial charge in [-0.2, -0.15) is 0 Å². The van der Waals surface area contributed by atoms with Gasteiger partial charge in [0.15, 0.2) is 0 Å². The second-order valence-electron chi connectivity index (χ2n) is 5.22. The molecule has 0 radical (unpaired) electrons. The van der Waals surface area contributed by atoms with Crippen molar-refractivity contribution in [2.75, 3.05) is 18.6 Å². The van der Waals surface area contributed by atoms with Crippen LogP contribution in [0.1, 0.15) is 32.6 Å². The number of unbranched alkanes of at least 4 members (excludes halogenated alkanes) is 1. The lowest BCUT2D eigenvalue weighted by Gasteiger charge is -2.47. The van der Waals surface area contributed by atoms with Crippen molar-refractivity contribution in [1.29, 1.82) is 0 Å². The van der Waals surface area contributed by atoms with E-state index in [2.05, 4.69) is 18.2 Å². The van der Waals surface area contributed by atoms with Crippen LogP contribution in [-0.4, -0.2) is 45.6 Å². The Morgan fingerprint density at radius 2 is 2.47 bits per heavy atom. The van der Waals surface area contributed by atoms with E-state index in [9.17, 15) is 4.79 Å². The number of hydrogen-bond acceptors (Lipinski definition) is 4. The minimum atomic E-state index is -0.00344. The number of nitrogens with one attached hydrogen (secondary N) is 1. The Balaban J connectivity index is 2.15. The topological polar surface area (TPSA) is 32.3 Å². The van der Waals surface area contributed by atoms with Crippen LogP contribution in [0.25, 0.3) is 0 Å². The molecule has 19 heavy (non-hydrogen) atoms. The summed E-state index contributed by atoms with van der Waals surface area (Å²) >= 11 is 3.45. The van der Waals surface area contributed by atoms with Crippen molar-refractivity contribution in [2.24, 2.45) is 0 Å². The number of carbonyl (C=O) groups is 1. The molecule has 0 bridgehead atoms. The highest BCUT2D eigenvalue weighted by atomic mass is 32.2. The maximum Gasteiger partial charge on any atom is 0.239 e. The van der Waals surface area contributed by atoms with Gasteiger partial charge in [0, 0.05) is 12.6 Å². The Kier molecular flexibility index (Phi) is 5.10. The summed E-state index contributed by atoms with van der Waals surface area (Å²) in [5.41, 5.74) is 0.0200. The first-order chi connectivity index (χ1) is 9.14. The number of fused-ring (bicyclic) bond motifs is 1. The van der Waals surface area contributed by atoms with Crippen LogP contribution in [0, 0.1) is 12.3 Å². The van der Waals surface area contributed by atoms with Crippen LogP contribution in [0.2, 0.25) is 0 Å². The van der Waals surface area contributed by atoms with Crippen LogP contribution in [0.5, 0.6) is 0 Å². The monoisotopic (exact) mass is 298 g/mol. The van der Waals surface area contributed by atoms with Crippen molar-refractivity contribution in [3.05, 3.63) is 0 Å². The van der Waals surface area contributed by atoms with Gasteiger partial charge >= 0.3 is 0 Å². The number of terminal acetylenes is 1. The molecule has 3 unspecified atom stereocenters. The summed E-state index contributed by atoms with van der Waals surface area (Å²) in [5, 5.41) is 3.82. The summed E-state index contributed by atoms with van der Waals surface area (Å²) in [4.78, 5) is 14.4. The van der Waals surface area contributed by atoms with E-state index in [1.165, 1.54) is 12.8 Å². The van der Waals surface area contributed by atoms with Gasteiger partial charge in [-0.1, -0.05) is 25.7 Å². The van der Waals surface area contributed by atoms with Crippen LogP contribution in [-0.2, 0) is 4.79 Å².